The minimum atomic E-state index is -0.739. The fourth-order valence-corrected chi connectivity index (χ4v) is 0.969. The summed E-state index contributed by atoms with van der Waals surface area (Å²) in [6.45, 7) is 0.556. The molecule has 0 aromatic heterocycles. The second kappa shape index (κ2) is 6.31. The van der Waals surface area contributed by atoms with Crippen LogP contribution in [0.2, 0.25) is 0 Å². The maximum atomic E-state index is 13.0. The second-order valence-corrected chi connectivity index (χ2v) is 2.76. The fraction of sp³-hybridized carbons (Fsp3) is 0.400. The van der Waals surface area contributed by atoms with Crippen molar-refractivity contribution >= 4 is 0 Å². The number of aliphatic hydroxyl groups excluding tert-OH is 1. The summed E-state index contributed by atoms with van der Waals surface area (Å²) < 4.78 is 35.4. The largest absolute Gasteiger partial charge is 0.488 e. The van der Waals surface area contributed by atoms with Gasteiger partial charge in [0.25, 0.3) is 0 Å². The van der Waals surface area contributed by atoms with Gasteiger partial charge in [-0.3, -0.25) is 0 Å². The van der Waals surface area contributed by atoms with Crippen molar-refractivity contribution < 1.29 is 23.4 Å². The third-order valence-corrected chi connectivity index (χ3v) is 1.61. The van der Waals surface area contributed by atoms with Crippen LogP contribution in [-0.4, -0.2) is 31.5 Å². The lowest BCUT2D eigenvalue weighted by molar-refractivity contribution is 0.0696. The smallest absolute Gasteiger partial charge is 0.167 e. The second-order valence-electron chi connectivity index (χ2n) is 2.76. The van der Waals surface area contributed by atoms with E-state index >= 15 is 0 Å². The molecular weight excluding hydrogens is 206 g/mol. The van der Waals surface area contributed by atoms with Crippen LogP contribution in [0.25, 0.3) is 0 Å². The van der Waals surface area contributed by atoms with Gasteiger partial charge in [0.2, 0.25) is 0 Å². The van der Waals surface area contributed by atoms with Crippen molar-refractivity contribution in [3.05, 3.63) is 29.8 Å². The Balaban J connectivity index is 2.31. The molecule has 1 aromatic carbocycles. The predicted molar refractivity (Wildman–Crippen MR) is 49.8 cm³/mol. The quantitative estimate of drug-likeness (QED) is 0.732. The van der Waals surface area contributed by atoms with Crippen LogP contribution in [0.1, 0.15) is 0 Å². The van der Waals surface area contributed by atoms with Gasteiger partial charge in [-0.05, 0) is 12.1 Å². The van der Waals surface area contributed by atoms with E-state index in [1.54, 1.807) is 0 Å². The highest BCUT2D eigenvalue weighted by molar-refractivity contribution is 5.24. The van der Waals surface area contributed by atoms with Crippen molar-refractivity contribution in [3.8, 4) is 5.75 Å². The predicted octanol–water partition coefficient (Wildman–Crippen LogP) is 1.35. The topological polar surface area (TPSA) is 38.7 Å². The zero-order valence-electron chi connectivity index (χ0n) is 8.08. The summed E-state index contributed by atoms with van der Waals surface area (Å²) in [5.41, 5.74) is 0. The van der Waals surface area contributed by atoms with Crippen molar-refractivity contribution in [1.82, 2.24) is 0 Å². The fourth-order valence-electron chi connectivity index (χ4n) is 0.969. The van der Waals surface area contributed by atoms with E-state index in [2.05, 4.69) is 0 Å². The molecule has 1 rings (SSSR count). The molecule has 0 amide bonds. The van der Waals surface area contributed by atoms with Crippen molar-refractivity contribution in [3.63, 3.8) is 0 Å². The summed E-state index contributed by atoms with van der Waals surface area (Å²) in [4.78, 5) is 0. The van der Waals surface area contributed by atoms with Gasteiger partial charge in [-0.15, -0.1) is 0 Å². The van der Waals surface area contributed by atoms with Crippen LogP contribution in [0, 0.1) is 11.6 Å². The lowest BCUT2D eigenvalue weighted by Gasteiger charge is -2.07. The van der Waals surface area contributed by atoms with Crippen LogP contribution in [0.3, 0.4) is 0 Å². The Morgan fingerprint density at radius 3 is 2.60 bits per heavy atom. The van der Waals surface area contributed by atoms with Gasteiger partial charge in [-0.1, -0.05) is 0 Å². The molecule has 0 radical (unpaired) electrons. The van der Waals surface area contributed by atoms with Gasteiger partial charge in [0.05, 0.1) is 19.8 Å². The molecule has 0 aliphatic carbocycles. The van der Waals surface area contributed by atoms with E-state index in [4.69, 9.17) is 14.6 Å². The van der Waals surface area contributed by atoms with Crippen molar-refractivity contribution in [2.24, 2.45) is 0 Å². The third-order valence-electron chi connectivity index (χ3n) is 1.61. The maximum Gasteiger partial charge on any atom is 0.167 e. The first-order chi connectivity index (χ1) is 7.24. The van der Waals surface area contributed by atoms with E-state index in [-0.39, 0.29) is 32.2 Å². The van der Waals surface area contributed by atoms with Crippen LogP contribution >= 0.6 is 0 Å². The van der Waals surface area contributed by atoms with Gasteiger partial charge in [0, 0.05) is 6.07 Å². The highest BCUT2D eigenvalue weighted by Gasteiger charge is 2.03. The van der Waals surface area contributed by atoms with Gasteiger partial charge >= 0.3 is 0 Å². The molecule has 84 valence electrons. The minimum Gasteiger partial charge on any atom is -0.488 e. The van der Waals surface area contributed by atoms with E-state index in [0.717, 1.165) is 12.1 Å². The zero-order valence-corrected chi connectivity index (χ0v) is 8.08. The van der Waals surface area contributed by atoms with Gasteiger partial charge in [0.1, 0.15) is 12.4 Å². The molecule has 0 bridgehead atoms. The Hall–Kier alpha value is -1.20. The van der Waals surface area contributed by atoms with Crippen LogP contribution in [0.5, 0.6) is 5.75 Å². The van der Waals surface area contributed by atoms with E-state index in [1.165, 1.54) is 6.07 Å². The molecular formula is C10H12F2O3. The molecule has 5 heteroatoms. The van der Waals surface area contributed by atoms with Crippen LogP contribution in [-0.2, 0) is 4.74 Å². The number of rotatable bonds is 6. The lowest BCUT2D eigenvalue weighted by Crippen LogP contribution is -2.09. The highest BCUT2D eigenvalue weighted by Crippen LogP contribution is 2.17. The van der Waals surface area contributed by atoms with Crippen molar-refractivity contribution in [2.45, 2.75) is 0 Å². The SMILES string of the molecule is OCCOCCOc1ccc(F)cc1F. The summed E-state index contributed by atoms with van der Waals surface area (Å²) in [6.07, 6.45) is 0. The van der Waals surface area contributed by atoms with E-state index < -0.39 is 11.6 Å². The Morgan fingerprint density at radius 2 is 1.93 bits per heavy atom. The molecule has 0 fully saturated rings. The number of aliphatic hydroxyl groups is 1. The number of halogens is 2. The average molecular weight is 218 g/mol. The normalized spacial score (nSPS) is 10.3. The summed E-state index contributed by atoms with van der Waals surface area (Å²) in [5.74, 6) is -1.39. The molecule has 0 spiro atoms. The summed E-state index contributed by atoms with van der Waals surface area (Å²) >= 11 is 0. The molecule has 0 atom stereocenters. The molecule has 1 aromatic rings. The molecule has 0 saturated carbocycles. The molecule has 15 heavy (non-hydrogen) atoms. The summed E-state index contributed by atoms with van der Waals surface area (Å²) in [5, 5.41) is 8.39. The van der Waals surface area contributed by atoms with Crippen molar-refractivity contribution in [2.75, 3.05) is 26.4 Å². The standard InChI is InChI=1S/C10H12F2O3/c11-8-1-2-10(9(12)7-8)15-6-5-14-4-3-13/h1-2,7,13H,3-6H2. The first-order valence-electron chi connectivity index (χ1n) is 4.50. The minimum absolute atomic E-state index is 0.0102. The van der Waals surface area contributed by atoms with Crippen LogP contribution < -0.4 is 4.74 Å². The monoisotopic (exact) mass is 218 g/mol. The van der Waals surface area contributed by atoms with E-state index in [1.807, 2.05) is 0 Å². The van der Waals surface area contributed by atoms with Crippen LogP contribution in [0.15, 0.2) is 18.2 Å². The Kier molecular flexibility index (Phi) is 5.00. The first-order valence-corrected chi connectivity index (χ1v) is 4.50. The summed E-state index contributed by atoms with van der Waals surface area (Å²) in [7, 11) is 0. The molecule has 3 nitrogen and oxygen atoms in total. The number of ether oxygens (including phenoxy) is 2. The average Bonchev–Trinajstić information content (AvgIpc) is 2.20. The lowest BCUT2D eigenvalue weighted by atomic mass is 10.3. The third kappa shape index (κ3) is 4.22. The number of hydrogen-bond donors (Lipinski definition) is 1. The van der Waals surface area contributed by atoms with E-state index in [0.29, 0.717) is 0 Å². The maximum absolute atomic E-state index is 13.0. The van der Waals surface area contributed by atoms with E-state index in [9.17, 15) is 8.78 Å². The van der Waals surface area contributed by atoms with Crippen LogP contribution in [0.4, 0.5) is 8.78 Å². The number of hydrogen-bond acceptors (Lipinski definition) is 3. The first kappa shape index (κ1) is 11.9. The Bertz CT molecular complexity index is 305. The molecule has 0 aliphatic rings. The highest BCUT2D eigenvalue weighted by atomic mass is 19.1. The van der Waals surface area contributed by atoms with Gasteiger partial charge < -0.3 is 14.6 Å². The Labute approximate surface area is 86.2 Å². The zero-order chi connectivity index (χ0) is 11.1. The van der Waals surface area contributed by atoms with Gasteiger partial charge in [-0.2, -0.15) is 0 Å². The number of benzene rings is 1. The van der Waals surface area contributed by atoms with Crippen molar-refractivity contribution in [1.29, 1.82) is 0 Å². The van der Waals surface area contributed by atoms with Gasteiger partial charge in [0.15, 0.2) is 11.6 Å². The molecule has 1 N–H and O–H groups in total. The molecule has 0 aliphatic heterocycles. The molecule has 0 unspecified atom stereocenters. The van der Waals surface area contributed by atoms with Gasteiger partial charge in [-0.25, -0.2) is 8.78 Å². The Morgan fingerprint density at radius 1 is 1.13 bits per heavy atom. The summed E-state index contributed by atoms with van der Waals surface area (Å²) in [6, 6.07) is 3.09. The molecule has 0 heterocycles. The molecule has 0 saturated heterocycles.